The van der Waals surface area contributed by atoms with E-state index in [1.54, 1.807) is 0 Å². The number of carbonyl (C=O) groups is 1. The van der Waals surface area contributed by atoms with Gasteiger partial charge in [0, 0.05) is 25.7 Å². The summed E-state index contributed by atoms with van der Waals surface area (Å²) in [6.45, 7) is 7.11. The fourth-order valence-electron chi connectivity index (χ4n) is 0.966. The topological polar surface area (TPSA) is 52.6 Å². The third kappa shape index (κ3) is 5.32. The molecule has 0 fully saturated rings. The van der Waals surface area contributed by atoms with Gasteiger partial charge in [-0.15, -0.1) is 0 Å². The average molecular weight is 258 g/mol. The van der Waals surface area contributed by atoms with Gasteiger partial charge in [0.05, 0.1) is 0 Å². The molecular formula is C12H19O4P. The van der Waals surface area contributed by atoms with Crippen molar-refractivity contribution in [1.29, 1.82) is 0 Å². The van der Waals surface area contributed by atoms with Crippen molar-refractivity contribution in [1.82, 2.24) is 0 Å². The summed E-state index contributed by atoms with van der Waals surface area (Å²) in [5.41, 5.74) is -0.192. The summed E-state index contributed by atoms with van der Waals surface area (Å²) < 4.78 is 21.6. The number of Topliss-reactive ketones (excluding diaryl/α,β-unsaturated/α-hetero) is 1. The second kappa shape index (κ2) is 6.16. The van der Waals surface area contributed by atoms with Crippen LogP contribution in [0.4, 0.5) is 0 Å². The van der Waals surface area contributed by atoms with Gasteiger partial charge in [0.1, 0.15) is 5.31 Å². The van der Waals surface area contributed by atoms with Crippen LogP contribution in [0.3, 0.4) is 0 Å². The molecule has 0 aliphatic rings. The second-order valence-corrected chi connectivity index (χ2v) is 6.67. The molecule has 0 aliphatic heterocycles. The van der Waals surface area contributed by atoms with E-state index in [4.69, 9.17) is 9.05 Å². The summed E-state index contributed by atoms with van der Waals surface area (Å²) in [6.07, 6.45) is 1.31. The molecule has 17 heavy (non-hydrogen) atoms. The highest BCUT2D eigenvalue weighted by Crippen LogP contribution is 2.54. The molecule has 0 N–H and O–H groups in total. The third-order valence-corrected chi connectivity index (χ3v) is 3.79. The zero-order valence-electron chi connectivity index (χ0n) is 11.2. The van der Waals surface area contributed by atoms with Gasteiger partial charge in [-0.2, -0.15) is 0 Å². The van der Waals surface area contributed by atoms with Crippen LogP contribution < -0.4 is 0 Å². The molecule has 0 amide bonds. The molecule has 4 nitrogen and oxygen atoms in total. The van der Waals surface area contributed by atoms with Crippen LogP contribution in [-0.4, -0.2) is 20.0 Å². The molecule has 0 aromatic carbocycles. The van der Waals surface area contributed by atoms with Crippen LogP contribution in [0.25, 0.3) is 0 Å². The second-order valence-electron chi connectivity index (χ2n) is 4.47. The third-order valence-electron chi connectivity index (χ3n) is 1.79. The van der Waals surface area contributed by atoms with Crippen molar-refractivity contribution in [2.45, 2.75) is 27.7 Å². The number of allylic oxidation sites excluding steroid dienone is 2. The Hall–Kier alpha value is -0.880. The van der Waals surface area contributed by atoms with E-state index in [0.717, 1.165) is 0 Å². The van der Waals surface area contributed by atoms with Crippen molar-refractivity contribution >= 4 is 13.4 Å². The summed E-state index contributed by atoms with van der Waals surface area (Å²) in [5, 5.41) is -0.0285. The minimum atomic E-state index is -3.52. The Balaban J connectivity index is 5.39. The Kier molecular flexibility index (Phi) is 5.84. The van der Waals surface area contributed by atoms with E-state index < -0.39 is 7.60 Å². The molecule has 0 aromatic heterocycles. The van der Waals surface area contributed by atoms with Gasteiger partial charge in [-0.1, -0.05) is 11.8 Å². The first kappa shape index (κ1) is 16.1. The molecule has 0 aromatic rings. The SMILES string of the molecule is COP(=O)(OC)/C(=C/C#CC(C)(C)C)C(C)=O. The van der Waals surface area contributed by atoms with Crippen molar-refractivity contribution < 1.29 is 18.4 Å². The van der Waals surface area contributed by atoms with E-state index in [-0.39, 0.29) is 16.5 Å². The predicted molar refractivity (Wildman–Crippen MR) is 67.6 cm³/mol. The Labute approximate surface area is 103 Å². The first-order valence-electron chi connectivity index (χ1n) is 5.12. The molecule has 0 rings (SSSR count). The van der Waals surface area contributed by atoms with Crippen molar-refractivity contribution in [3.63, 3.8) is 0 Å². The fraction of sp³-hybridized carbons (Fsp3) is 0.583. The molecule has 5 heteroatoms. The molecule has 0 aliphatic carbocycles. The van der Waals surface area contributed by atoms with Gasteiger partial charge in [0.25, 0.3) is 0 Å². The maximum Gasteiger partial charge on any atom is 0.365 e. The van der Waals surface area contributed by atoms with Crippen LogP contribution in [0.2, 0.25) is 0 Å². The lowest BCUT2D eigenvalue weighted by Crippen LogP contribution is -2.02. The normalized spacial score (nSPS) is 12.9. The maximum atomic E-state index is 12.0. The lowest BCUT2D eigenvalue weighted by molar-refractivity contribution is -0.113. The molecule has 0 unspecified atom stereocenters. The van der Waals surface area contributed by atoms with Crippen molar-refractivity contribution in [2.75, 3.05) is 14.2 Å². The zero-order chi connectivity index (χ0) is 13.7. The smallest absolute Gasteiger partial charge is 0.308 e. The Morgan fingerprint density at radius 2 is 1.71 bits per heavy atom. The van der Waals surface area contributed by atoms with Crippen LogP contribution in [0.5, 0.6) is 0 Å². The highest BCUT2D eigenvalue weighted by molar-refractivity contribution is 7.60. The highest BCUT2D eigenvalue weighted by Gasteiger charge is 2.30. The zero-order valence-corrected chi connectivity index (χ0v) is 12.1. The predicted octanol–water partition coefficient (Wildman–Crippen LogP) is 2.99. The van der Waals surface area contributed by atoms with Crippen LogP contribution >= 0.6 is 7.60 Å². The molecule has 0 atom stereocenters. The van der Waals surface area contributed by atoms with Gasteiger partial charge in [-0.05, 0) is 27.7 Å². The number of hydrogen-bond donors (Lipinski definition) is 0. The summed E-state index contributed by atoms with van der Waals surface area (Å²) in [7, 11) is -1.05. The number of carbonyl (C=O) groups excluding carboxylic acids is 1. The molecule has 0 saturated heterocycles. The van der Waals surface area contributed by atoms with E-state index in [2.05, 4.69) is 11.8 Å². The summed E-state index contributed by atoms with van der Waals surface area (Å²) in [5.74, 6) is 5.26. The van der Waals surface area contributed by atoms with Crippen LogP contribution in [0, 0.1) is 17.3 Å². The van der Waals surface area contributed by atoms with Gasteiger partial charge < -0.3 is 9.05 Å². The van der Waals surface area contributed by atoms with E-state index in [0.29, 0.717) is 0 Å². The van der Waals surface area contributed by atoms with Crippen LogP contribution in [0.1, 0.15) is 27.7 Å². The number of ketones is 1. The van der Waals surface area contributed by atoms with E-state index in [9.17, 15) is 9.36 Å². The quantitative estimate of drug-likeness (QED) is 0.442. The van der Waals surface area contributed by atoms with Crippen molar-refractivity contribution in [3.8, 4) is 11.8 Å². The van der Waals surface area contributed by atoms with Gasteiger partial charge >= 0.3 is 7.60 Å². The summed E-state index contributed by atoms with van der Waals surface area (Å²) in [6, 6.07) is 0. The molecule has 0 spiro atoms. The van der Waals surface area contributed by atoms with E-state index >= 15 is 0 Å². The van der Waals surface area contributed by atoms with Gasteiger partial charge in [-0.3, -0.25) is 9.36 Å². The average Bonchev–Trinajstić information content (AvgIpc) is 2.21. The first-order valence-corrected chi connectivity index (χ1v) is 6.66. The molecule has 96 valence electrons. The molecule has 0 heterocycles. The molecule has 0 saturated carbocycles. The van der Waals surface area contributed by atoms with Gasteiger partial charge in [0.15, 0.2) is 5.78 Å². The van der Waals surface area contributed by atoms with Gasteiger partial charge in [0.2, 0.25) is 0 Å². The molecule has 0 radical (unpaired) electrons. The maximum absolute atomic E-state index is 12.0. The molecule has 0 bridgehead atoms. The minimum absolute atomic E-state index is 0.0285. The van der Waals surface area contributed by atoms with Crippen molar-refractivity contribution in [3.05, 3.63) is 11.4 Å². The Morgan fingerprint density at radius 3 is 2.00 bits per heavy atom. The number of rotatable bonds is 4. The Morgan fingerprint density at radius 1 is 1.24 bits per heavy atom. The summed E-state index contributed by atoms with van der Waals surface area (Å²) >= 11 is 0. The standard InChI is InChI=1S/C12H19O4P/c1-10(13)11(17(14,15-5)16-6)8-7-9-12(2,3)4/h8H,1-6H3/b11-8+. The summed E-state index contributed by atoms with van der Waals surface area (Å²) in [4.78, 5) is 11.4. The molecular weight excluding hydrogens is 239 g/mol. The fourth-order valence-corrected chi connectivity index (χ4v) is 2.12. The number of hydrogen-bond acceptors (Lipinski definition) is 4. The van der Waals surface area contributed by atoms with Crippen LogP contribution in [-0.2, 0) is 18.4 Å². The Bertz CT molecular complexity index is 410. The minimum Gasteiger partial charge on any atom is -0.308 e. The lowest BCUT2D eigenvalue weighted by atomic mass is 9.98. The van der Waals surface area contributed by atoms with Crippen molar-refractivity contribution in [2.24, 2.45) is 5.41 Å². The first-order chi connectivity index (χ1) is 7.66. The highest BCUT2D eigenvalue weighted by atomic mass is 31.2. The monoisotopic (exact) mass is 258 g/mol. The van der Waals surface area contributed by atoms with Crippen LogP contribution in [0.15, 0.2) is 11.4 Å². The van der Waals surface area contributed by atoms with Gasteiger partial charge in [-0.25, -0.2) is 0 Å². The largest absolute Gasteiger partial charge is 0.365 e. The van der Waals surface area contributed by atoms with E-state index in [1.165, 1.54) is 27.2 Å². The lowest BCUT2D eigenvalue weighted by Gasteiger charge is -2.14. The van der Waals surface area contributed by atoms with E-state index in [1.807, 2.05) is 20.8 Å².